The van der Waals surface area contributed by atoms with E-state index in [1.807, 2.05) is 16.7 Å². The van der Waals surface area contributed by atoms with Gasteiger partial charge in [0.1, 0.15) is 0 Å². The summed E-state index contributed by atoms with van der Waals surface area (Å²) < 4.78 is 12.5. The first-order valence-electron chi connectivity index (χ1n) is 10.7. The maximum Gasteiger partial charge on any atom is 0.338 e. The van der Waals surface area contributed by atoms with Gasteiger partial charge in [0.2, 0.25) is 0 Å². The number of Topliss-reactive ketones (excluding diaryl/α,β-unsaturated/α-hetero) is 1. The summed E-state index contributed by atoms with van der Waals surface area (Å²) in [5.74, 6) is -0.489. The number of esters is 1. The van der Waals surface area contributed by atoms with E-state index < -0.39 is 5.97 Å². The summed E-state index contributed by atoms with van der Waals surface area (Å²) in [5.41, 5.74) is 5.71. The van der Waals surface area contributed by atoms with Crippen LogP contribution in [0.3, 0.4) is 0 Å². The third kappa shape index (κ3) is 4.40. The molecular weight excluding hydrogens is 392 g/mol. The maximum atomic E-state index is 12.4. The first-order chi connectivity index (χ1) is 15.0. The van der Waals surface area contributed by atoms with Crippen molar-refractivity contribution in [2.45, 2.75) is 27.3 Å². The number of ketones is 1. The molecule has 3 heterocycles. The molecule has 0 radical (unpaired) electrons. The van der Waals surface area contributed by atoms with Crippen LogP contribution in [0.4, 0.5) is 0 Å². The molecule has 0 atom stereocenters. The molecule has 0 aliphatic carbocycles. The number of benzene rings is 1. The van der Waals surface area contributed by atoms with Gasteiger partial charge >= 0.3 is 5.97 Å². The Bertz CT molecular complexity index is 1130. The minimum absolute atomic E-state index is 0.0862. The van der Waals surface area contributed by atoms with Crippen LogP contribution in [0.15, 0.2) is 42.6 Å². The minimum Gasteiger partial charge on any atom is -0.462 e. The van der Waals surface area contributed by atoms with Crippen molar-refractivity contribution in [3.63, 3.8) is 0 Å². The molecule has 6 nitrogen and oxygen atoms in total. The van der Waals surface area contributed by atoms with E-state index in [0.29, 0.717) is 23.4 Å². The molecule has 2 aromatic heterocycles. The van der Waals surface area contributed by atoms with Gasteiger partial charge in [-0.2, -0.15) is 0 Å². The van der Waals surface area contributed by atoms with Gasteiger partial charge < -0.3 is 13.9 Å². The number of morpholine rings is 1. The second-order valence-corrected chi connectivity index (χ2v) is 7.92. The highest BCUT2D eigenvalue weighted by atomic mass is 16.5. The number of nitrogens with zero attached hydrogens (tertiary/aromatic N) is 2. The van der Waals surface area contributed by atoms with Crippen molar-refractivity contribution in [1.82, 2.24) is 9.30 Å². The highest BCUT2D eigenvalue weighted by Crippen LogP contribution is 2.28. The van der Waals surface area contributed by atoms with Gasteiger partial charge in [0.25, 0.3) is 0 Å². The van der Waals surface area contributed by atoms with E-state index >= 15 is 0 Å². The number of carbonyl (C=O) groups is 2. The fourth-order valence-corrected chi connectivity index (χ4v) is 4.23. The fraction of sp³-hybridized carbons (Fsp3) is 0.360. The average molecular weight is 421 g/mol. The van der Waals surface area contributed by atoms with Crippen molar-refractivity contribution in [2.24, 2.45) is 0 Å². The van der Waals surface area contributed by atoms with Crippen LogP contribution in [0.2, 0.25) is 0 Å². The molecule has 162 valence electrons. The average Bonchev–Trinajstić information content (AvgIpc) is 3.17. The van der Waals surface area contributed by atoms with E-state index in [4.69, 9.17) is 9.47 Å². The van der Waals surface area contributed by atoms with Gasteiger partial charge in [-0.15, -0.1) is 0 Å². The summed E-state index contributed by atoms with van der Waals surface area (Å²) in [5, 5.41) is 0. The Morgan fingerprint density at radius 1 is 1.10 bits per heavy atom. The molecule has 6 heteroatoms. The molecule has 31 heavy (non-hydrogen) atoms. The van der Waals surface area contributed by atoms with Crippen LogP contribution >= 0.6 is 0 Å². The summed E-state index contributed by atoms with van der Waals surface area (Å²) in [7, 11) is 0. The lowest BCUT2D eigenvalue weighted by atomic mass is 10.0. The summed E-state index contributed by atoms with van der Waals surface area (Å²) >= 11 is 0. The van der Waals surface area contributed by atoms with Crippen molar-refractivity contribution in [3.05, 3.63) is 65.0 Å². The van der Waals surface area contributed by atoms with E-state index in [0.717, 1.165) is 49.5 Å². The lowest BCUT2D eigenvalue weighted by molar-refractivity contribution is 0.0342. The van der Waals surface area contributed by atoms with Crippen molar-refractivity contribution < 1.29 is 19.1 Å². The smallest absolute Gasteiger partial charge is 0.338 e. The van der Waals surface area contributed by atoms with Gasteiger partial charge in [-0.3, -0.25) is 9.69 Å². The topological polar surface area (TPSA) is 60.2 Å². The summed E-state index contributed by atoms with van der Waals surface area (Å²) in [6.07, 6.45) is 1.97. The number of rotatable bonds is 6. The number of hydrogen-bond donors (Lipinski definition) is 0. The maximum absolute atomic E-state index is 12.4. The molecule has 0 saturated carbocycles. The van der Waals surface area contributed by atoms with Gasteiger partial charge in [-0.05, 0) is 48.7 Å². The standard InChI is InChI=1S/C25H28N2O4/c1-4-31-25(29)23-14-22-13-21(16-27(22)24(17(23)2)18(3)28)20-7-5-6-19(12-20)15-26-8-10-30-11-9-26/h5-7,12-14,16H,4,8-11,15H2,1-3H3. The molecule has 1 aromatic carbocycles. The summed E-state index contributed by atoms with van der Waals surface area (Å²) in [6.45, 7) is 9.72. The second kappa shape index (κ2) is 9.04. The number of hydrogen-bond acceptors (Lipinski definition) is 5. The molecule has 0 unspecified atom stereocenters. The molecule has 1 fully saturated rings. The van der Waals surface area contributed by atoms with Crippen LogP contribution in [-0.4, -0.2) is 54.0 Å². The van der Waals surface area contributed by atoms with Crippen molar-refractivity contribution in [3.8, 4) is 11.1 Å². The molecule has 0 spiro atoms. The zero-order chi connectivity index (χ0) is 22.0. The Kier molecular flexibility index (Phi) is 6.20. The minimum atomic E-state index is -0.403. The van der Waals surface area contributed by atoms with Gasteiger partial charge in [0.15, 0.2) is 5.78 Å². The molecule has 0 amide bonds. The SMILES string of the molecule is CCOC(=O)c1cc2cc(-c3cccc(CN4CCOCC4)c3)cn2c(C(C)=O)c1C. The quantitative estimate of drug-likeness (QED) is 0.443. The van der Waals surface area contributed by atoms with Crippen LogP contribution in [0.25, 0.3) is 16.6 Å². The molecular formula is C25H28N2O4. The van der Waals surface area contributed by atoms with E-state index in [1.165, 1.54) is 12.5 Å². The molecule has 1 aliphatic heterocycles. The van der Waals surface area contributed by atoms with Gasteiger partial charge in [-0.25, -0.2) is 4.79 Å². The molecule has 0 bridgehead atoms. The van der Waals surface area contributed by atoms with Crippen molar-refractivity contribution >= 4 is 17.3 Å². The Labute approximate surface area is 182 Å². The Morgan fingerprint density at radius 3 is 2.58 bits per heavy atom. The molecule has 3 aromatic rings. The molecule has 0 N–H and O–H groups in total. The third-order valence-corrected chi connectivity index (χ3v) is 5.74. The Balaban J connectivity index is 1.73. The molecule has 1 saturated heterocycles. The number of aromatic nitrogens is 1. The third-order valence-electron chi connectivity index (χ3n) is 5.74. The van der Waals surface area contributed by atoms with Crippen LogP contribution in [0.5, 0.6) is 0 Å². The van der Waals surface area contributed by atoms with Gasteiger partial charge in [-0.1, -0.05) is 18.2 Å². The van der Waals surface area contributed by atoms with Crippen LogP contribution < -0.4 is 0 Å². The lowest BCUT2D eigenvalue weighted by Gasteiger charge is -2.26. The van der Waals surface area contributed by atoms with Crippen LogP contribution in [-0.2, 0) is 16.0 Å². The van der Waals surface area contributed by atoms with E-state index in [2.05, 4.69) is 29.2 Å². The van der Waals surface area contributed by atoms with E-state index in [1.54, 1.807) is 19.9 Å². The predicted molar refractivity (Wildman–Crippen MR) is 120 cm³/mol. The fourth-order valence-electron chi connectivity index (χ4n) is 4.23. The van der Waals surface area contributed by atoms with Crippen molar-refractivity contribution in [2.75, 3.05) is 32.9 Å². The van der Waals surface area contributed by atoms with Gasteiger partial charge in [0, 0.05) is 43.8 Å². The van der Waals surface area contributed by atoms with E-state index in [9.17, 15) is 9.59 Å². The Morgan fingerprint density at radius 2 is 1.87 bits per heavy atom. The van der Waals surface area contributed by atoms with E-state index in [-0.39, 0.29) is 5.78 Å². The van der Waals surface area contributed by atoms with Crippen molar-refractivity contribution in [1.29, 1.82) is 0 Å². The first kappa shape index (κ1) is 21.3. The second-order valence-electron chi connectivity index (χ2n) is 7.92. The Hall–Kier alpha value is -2.96. The predicted octanol–water partition coefficient (Wildman–Crippen LogP) is 4.13. The van der Waals surface area contributed by atoms with Gasteiger partial charge in [0.05, 0.1) is 31.1 Å². The number of ether oxygens (including phenoxy) is 2. The highest BCUT2D eigenvalue weighted by molar-refractivity contribution is 6.01. The highest BCUT2D eigenvalue weighted by Gasteiger charge is 2.20. The number of fused-ring (bicyclic) bond motifs is 1. The molecule has 1 aliphatic rings. The molecule has 4 rings (SSSR count). The van der Waals surface area contributed by atoms with Crippen LogP contribution in [0, 0.1) is 6.92 Å². The number of pyridine rings is 1. The monoisotopic (exact) mass is 420 g/mol. The largest absolute Gasteiger partial charge is 0.462 e. The number of carbonyl (C=O) groups excluding carboxylic acids is 2. The normalized spacial score (nSPS) is 14.7. The summed E-state index contributed by atoms with van der Waals surface area (Å²) in [6, 6.07) is 12.3. The first-order valence-corrected chi connectivity index (χ1v) is 10.7. The zero-order valence-electron chi connectivity index (χ0n) is 18.3. The summed E-state index contributed by atoms with van der Waals surface area (Å²) in [4.78, 5) is 27.3. The zero-order valence-corrected chi connectivity index (χ0v) is 18.3. The van der Waals surface area contributed by atoms with Crippen LogP contribution in [0.1, 0.15) is 45.8 Å². The lowest BCUT2D eigenvalue weighted by Crippen LogP contribution is -2.35.